The third kappa shape index (κ3) is 7.12. The molecule has 0 unspecified atom stereocenters. The molecule has 0 aliphatic heterocycles. The molecule has 1 aliphatic rings. The van der Waals surface area contributed by atoms with Crippen LogP contribution in [0, 0.1) is 20.8 Å². The van der Waals surface area contributed by atoms with E-state index in [1.807, 2.05) is 6.20 Å². The fourth-order valence-corrected chi connectivity index (χ4v) is 8.08. The van der Waals surface area contributed by atoms with E-state index in [-0.39, 0.29) is 12.1 Å². The SMILES string of the molecule is Cc1cc(C)c(NC(=O)N(Cc2ccc(-c3cnn(C(c4ccccc4)(c4ccccc4)c4ccccc4)c3)cc2)C2CCCCCC2)c(C)c1. The number of aromatic nitrogens is 2. The first-order valence-electron chi connectivity index (χ1n) is 18.4. The lowest BCUT2D eigenvalue weighted by atomic mass is 9.77. The average Bonchev–Trinajstić information content (AvgIpc) is 3.49. The van der Waals surface area contributed by atoms with Crippen LogP contribution in [0.1, 0.15) is 77.5 Å². The quantitative estimate of drug-likeness (QED) is 0.123. The maximum atomic E-state index is 14.1. The molecule has 1 fully saturated rings. The Labute approximate surface area is 303 Å². The molecule has 5 nitrogen and oxygen atoms in total. The third-order valence-corrected chi connectivity index (χ3v) is 10.6. The van der Waals surface area contributed by atoms with Gasteiger partial charge in [-0.15, -0.1) is 0 Å². The van der Waals surface area contributed by atoms with Crippen LogP contribution < -0.4 is 5.32 Å². The molecule has 7 rings (SSSR count). The molecule has 1 saturated carbocycles. The molecule has 1 aliphatic carbocycles. The number of carbonyl (C=O) groups is 1. The molecule has 2 amide bonds. The van der Waals surface area contributed by atoms with Crippen LogP contribution in [0.15, 0.2) is 140 Å². The molecular formula is C46H48N4O. The van der Waals surface area contributed by atoms with Crippen molar-refractivity contribution in [1.82, 2.24) is 14.7 Å². The summed E-state index contributed by atoms with van der Waals surface area (Å²) >= 11 is 0. The monoisotopic (exact) mass is 672 g/mol. The lowest BCUT2D eigenvalue weighted by Crippen LogP contribution is -2.42. The van der Waals surface area contributed by atoms with E-state index < -0.39 is 5.54 Å². The Morgan fingerprint density at radius 3 is 1.73 bits per heavy atom. The minimum absolute atomic E-state index is 0.0126. The van der Waals surface area contributed by atoms with Crippen LogP contribution >= 0.6 is 0 Å². The van der Waals surface area contributed by atoms with Crippen molar-refractivity contribution in [3.8, 4) is 11.1 Å². The topological polar surface area (TPSA) is 50.2 Å². The molecule has 6 aromatic rings. The Balaban J connectivity index is 1.20. The summed E-state index contributed by atoms with van der Waals surface area (Å²) in [7, 11) is 0. The number of benzene rings is 5. The van der Waals surface area contributed by atoms with E-state index in [9.17, 15) is 4.79 Å². The summed E-state index contributed by atoms with van der Waals surface area (Å²) in [5.74, 6) is 0. The van der Waals surface area contributed by atoms with E-state index in [4.69, 9.17) is 5.10 Å². The second-order valence-electron chi connectivity index (χ2n) is 14.2. The zero-order valence-electron chi connectivity index (χ0n) is 30.1. The summed E-state index contributed by atoms with van der Waals surface area (Å²) in [6.45, 7) is 6.83. The minimum Gasteiger partial charge on any atom is -0.317 e. The van der Waals surface area contributed by atoms with Gasteiger partial charge in [-0.3, -0.25) is 4.68 Å². The van der Waals surface area contributed by atoms with Gasteiger partial charge in [0.1, 0.15) is 5.54 Å². The summed E-state index contributed by atoms with van der Waals surface area (Å²) < 4.78 is 2.11. The first kappa shape index (κ1) is 34.0. The van der Waals surface area contributed by atoms with Gasteiger partial charge in [0.25, 0.3) is 0 Å². The number of amides is 2. The van der Waals surface area contributed by atoms with Crippen molar-refractivity contribution in [2.75, 3.05) is 5.32 Å². The Hall–Kier alpha value is -5.42. The normalized spacial score (nSPS) is 13.8. The number of carbonyl (C=O) groups excluding carboxylic acids is 1. The largest absolute Gasteiger partial charge is 0.322 e. The maximum Gasteiger partial charge on any atom is 0.322 e. The molecule has 1 heterocycles. The van der Waals surface area contributed by atoms with Gasteiger partial charge in [0.15, 0.2) is 0 Å². The maximum absolute atomic E-state index is 14.1. The Bertz CT molecular complexity index is 1920. The summed E-state index contributed by atoms with van der Waals surface area (Å²) in [5, 5.41) is 8.39. The van der Waals surface area contributed by atoms with Crippen molar-refractivity contribution in [1.29, 1.82) is 0 Å². The highest BCUT2D eigenvalue weighted by atomic mass is 16.2. The predicted molar refractivity (Wildman–Crippen MR) is 209 cm³/mol. The summed E-state index contributed by atoms with van der Waals surface area (Å²) in [4.78, 5) is 16.1. The van der Waals surface area contributed by atoms with Crippen LogP contribution in [0.3, 0.4) is 0 Å². The van der Waals surface area contributed by atoms with E-state index in [0.717, 1.165) is 75.9 Å². The molecule has 51 heavy (non-hydrogen) atoms. The number of hydrogen-bond donors (Lipinski definition) is 1. The van der Waals surface area contributed by atoms with Gasteiger partial charge < -0.3 is 10.2 Å². The molecule has 258 valence electrons. The van der Waals surface area contributed by atoms with E-state index >= 15 is 0 Å². The highest BCUT2D eigenvalue weighted by Crippen LogP contribution is 2.41. The second-order valence-corrected chi connectivity index (χ2v) is 14.2. The van der Waals surface area contributed by atoms with Crippen LogP contribution in [-0.4, -0.2) is 26.8 Å². The number of nitrogens with zero attached hydrogens (tertiary/aromatic N) is 3. The van der Waals surface area contributed by atoms with Crippen LogP contribution in [0.4, 0.5) is 10.5 Å². The fourth-order valence-electron chi connectivity index (χ4n) is 8.08. The molecule has 1 N–H and O–H groups in total. The molecule has 0 spiro atoms. The number of anilines is 1. The number of hydrogen-bond acceptors (Lipinski definition) is 2. The molecular weight excluding hydrogens is 625 g/mol. The van der Waals surface area contributed by atoms with Crippen LogP contribution in [0.25, 0.3) is 11.1 Å². The fraction of sp³-hybridized carbons (Fsp3) is 0.261. The number of urea groups is 1. The van der Waals surface area contributed by atoms with Crippen LogP contribution in [0.5, 0.6) is 0 Å². The van der Waals surface area contributed by atoms with E-state index in [2.05, 4.69) is 169 Å². The van der Waals surface area contributed by atoms with Gasteiger partial charge >= 0.3 is 6.03 Å². The van der Waals surface area contributed by atoms with Crippen molar-refractivity contribution in [3.63, 3.8) is 0 Å². The standard InChI is InChI=1S/C46H48N4O/c1-34-29-35(2)44(36(3)30-34)48-45(51)49(43-23-15-4-5-16-24-43)32-37-25-27-38(28-26-37)39-31-47-50(33-39)46(40-17-9-6-10-18-40,41-19-11-7-12-20-41)42-21-13-8-14-22-42/h6-14,17-22,25-31,33,43H,4-5,15-16,23-24,32H2,1-3H3,(H,48,51). The summed E-state index contributed by atoms with van der Waals surface area (Å²) in [5.41, 5.74) is 10.3. The van der Waals surface area contributed by atoms with Crippen molar-refractivity contribution in [3.05, 3.63) is 179 Å². The van der Waals surface area contributed by atoms with Crippen LogP contribution in [0.2, 0.25) is 0 Å². The van der Waals surface area contributed by atoms with Gasteiger partial charge in [0.2, 0.25) is 0 Å². The first-order chi connectivity index (χ1) is 24.9. The number of aryl methyl sites for hydroxylation is 3. The zero-order valence-corrected chi connectivity index (χ0v) is 30.1. The van der Waals surface area contributed by atoms with Crippen molar-refractivity contribution >= 4 is 11.7 Å². The lowest BCUT2D eigenvalue weighted by Gasteiger charge is -2.36. The van der Waals surface area contributed by atoms with Crippen LogP contribution in [-0.2, 0) is 12.1 Å². The predicted octanol–water partition coefficient (Wildman–Crippen LogP) is 11.1. The van der Waals surface area contributed by atoms with Crippen molar-refractivity contribution in [2.24, 2.45) is 0 Å². The molecule has 0 saturated heterocycles. The molecule has 1 aromatic heterocycles. The Morgan fingerprint density at radius 2 is 1.22 bits per heavy atom. The van der Waals surface area contributed by atoms with Gasteiger partial charge in [0, 0.05) is 30.0 Å². The lowest BCUT2D eigenvalue weighted by molar-refractivity contribution is 0.175. The smallest absolute Gasteiger partial charge is 0.317 e. The minimum atomic E-state index is -0.664. The zero-order chi connectivity index (χ0) is 35.2. The first-order valence-corrected chi connectivity index (χ1v) is 18.4. The van der Waals surface area contributed by atoms with Crippen molar-refractivity contribution < 1.29 is 4.79 Å². The number of nitrogens with one attached hydrogen (secondary N) is 1. The van der Waals surface area contributed by atoms with E-state index in [1.165, 1.54) is 18.4 Å². The molecule has 0 radical (unpaired) electrons. The van der Waals surface area contributed by atoms with Crippen molar-refractivity contribution in [2.45, 2.75) is 77.4 Å². The van der Waals surface area contributed by atoms with E-state index in [0.29, 0.717) is 6.54 Å². The summed E-state index contributed by atoms with van der Waals surface area (Å²) in [6, 6.07) is 45.1. The molecule has 5 aromatic carbocycles. The van der Waals surface area contributed by atoms with Gasteiger partial charge in [-0.05, 0) is 72.6 Å². The summed E-state index contributed by atoms with van der Waals surface area (Å²) in [6.07, 6.45) is 11.0. The molecule has 5 heteroatoms. The highest BCUT2D eigenvalue weighted by molar-refractivity contribution is 5.91. The second kappa shape index (κ2) is 15.2. The number of rotatable bonds is 9. The highest BCUT2D eigenvalue weighted by Gasteiger charge is 2.39. The third-order valence-electron chi connectivity index (χ3n) is 10.6. The average molecular weight is 673 g/mol. The Kier molecular flexibility index (Phi) is 10.2. The van der Waals surface area contributed by atoms with Gasteiger partial charge in [-0.25, -0.2) is 4.79 Å². The molecule has 0 atom stereocenters. The van der Waals surface area contributed by atoms with Gasteiger partial charge in [-0.2, -0.15) is 5.10 Å². The Morgan fingerprint density at radius 1 is 0.706 bits per heavy atom. The van der Waals surface area contributed by atoms with Gasteiger partial charge in [-0.1, -0.05) is 159 Å². The van der Waals surface area contributed by atoms with Gasteiger partial charge in [0.05, 0.1) is 6.20 Å². The van der Waals surface area contributed by atoms with E-state index in [1.54, 1.807) is 0 Å². The molecule has 0 bridgehead atoms.